The summed E-state index contributed by atoms with van der Waals surface area (Å²) >= 11 is 0. The van der Waals surface area contributed by atoms with E-state index in [4.69, 9.17) is 4.74 Å². The Morgan fingerprint density at radius 3 is 1.90 bits per heavy atom. The second-order valence-corrected chi connectivity index (χ2v) is 5.11. The Morgan fingerprint density at radius 1 is 0.900 bits per heavy atom. The van der Waals surface area contributed by atoms with E-state index in [-0.39, 0.29) is 0 Å². The quantitative estimate of drug-likeness (QED) is 0.893. The molecule has 1 aliphatic carbocycles. The van der Waals surface area contributed by atoms with Gasteiger partial charge in [0, 0.05) is 0 Å². The summed E-state index contributed by atoms with van der Waals surface area (Å²) in [6.07, 6.45) is 3.61. The zero-order chi connectivity index (χ0) is 13.9. The molecule has 0 aliphatic heterocycles. The molecule has 2 nitrogen and oxygen atoms in total. The van der Waals surface area contributed by atoms with Crippen molar-refractivity contribution in [2.75, 3.05) is 7.11 Å². The topological polar surface area (TPSA) is 29.5 Å². The van der Waals surface area contributed by atoms with Gasteiger partial charge in [-0.3, -0.25) is 0 Å². The van der Waals surface area contributed by atoms with Crippen LogP contribution in [0.15, 0.2) is 54.1 Å². The van der Waals surface area contributed by atoms with Crippen LogP contribution in [0.5, 0.6) is 11.5 Å². The predicted octanol–water partition coefficient (Wildman–Crippen LogP) is 4.39. The number of aromatic hydroxyl groups is 1. The van der Waals surface area contributed by atoms with Crippen molar-refractivity contribution in [3.63, 3.8) is 0 Å². The van der Waals surface area contributed by atoms with Gasteiger partial charge in [0.15, 0.2) is 0 Å². The standard InChI is InChI=1S/C18H18O2/c1-20-17-11-7-15(8-12-17)18(13-3-2-4-13)14-5-9-16(19)10-6-14/h5-12,19H,2-4H2,1H3. The second kappa shape index (κ2) is 5.41. The molecular formula is C18H18O2. The Hall–Kier alpha value is -2.22. The zero-order valence-electron chi connectivity index (χ0n) is 11.6. The fourth-order valence-electron chi connectivity index (χ4n) is 2.56. The molecule has 2 aromatic carbocycles. The first kappa shape index (κ1) is 12.8. The molecule has 20 heavy (non-hydrogen) atoms. The van der Waals surface area contributed by atoms with Crippen molar-refractivity contribution in [3.05, 3.63) is 65.2 Å². The molecule has 1 N–H and O–H groups in total. The highest BCUT2D eigenvalue weighted by atomic mass is 16.5. The molecule has 0 spiro atoms. The van der Waals surface area contributed by atoms with Crippen LogP contribution >= 0.6 is 0 Å². The van der Waals surface area contributed by atoms with Gasteiger partial charge < -0.3 is 9.84 Å². The Labute approximate surface area is 119 Å². The summed E-state index contributed by atoms with van der Waals surface area (Å²) in [6, 6.07) is 15.7. The number of phenols is 1. The maximum atomic E-state index is 9.45. The highest BCUT2D eigenvalue weighted by Gasteiger charge is 2.17. The monoisotopic (exact) mass is 266 g/mol. The first-order valence-electron chi connectivity index (χ1n) is 6.94. The lowest BCUT2D eigenvalue weighted by atomic mass is 9.82. The van der Waals surface area contributed by atoms with Gasteiger partial charge in [-0.2, -0.15) is 0 Å². The van der Waals surface area contributed by atoms with E-state index in [2.05, 4.69) is 12.1 Å². The van der Waals surface area contributed by atoms with Crippen molar-refractivity contribution in [1.29, 1.82) is 0 Å². The first-order valence-corrected chi connectivity index (χ1v) is 6.94. The molecule has 1 fully saturated rings. The van der Waals surface area contributed by atoms with Gasteiger partial charge in [0.1, 0.15) is 11.5 Å². The van der Waals surface area contributed by atoms with E-state index in [1.807, 2.05) is 24.3 Å². The van der Waals surface area contributed by atoms with Crippen LogP contribution in [0.25, 0.3) is 5.57 Å². The summed E-state index contributed by atoms with van der Waals surface area (Å²) in [5, 5.41) is 9.45. The number of allylic oxidation sites excluding steroid dienone is 1. The number of hydrogen-bond donors (Lipinski definition) is 1. The van der Waals surface area contributed by atoms with Crippen LogP contribution in [0.3, 0.4) is 0 Å². The van der Waals surface area contributed by atoms with E-state index in [9.17, 15) is 5.11 Å². The van der Waals surface area contributed by atoms with Crippen molar-refractivity contribution in [2.24, 2.45) is 0 Å². The number of rotatable bonds is 3. The Morgan fingerprint density at radius 2 is 1.45 bits per heavy atom. The summed E-state index contributed by atoms with van der Waals surface area (Å²) in [6.45, 7) is 0. The minimum absolute atomic E-state index is 0.307. The molecule has 0 radical (unpaired) electrons. The fourth-order valence-corrected chi connectivity index (χ4v) is 2.56. The Kier molecular flexibility index (Phi) is 3.46. The van der Waals surface area contributed by atoms with Gasteiger partial charge in [0.2, 0.25) is 0 Å². The largest absolute Gasteiger partial charge is 0.508 e. The van der Waals surface area contributed by atoms with Crippen molar-refractivity contribution in [2.45, 2.75) is 19.3 Å². The van der Waals surface area contributed by atoms with E-state index >= 15 is 0 Å². The lowest BCUT2D eigenvalue weighted by Crippen LogP contribution is -2.03. The van der Waals surface area contributed by atoms with Crippen LogP contribution in [0.2, 0.25) is 0 Å². The van der Waals surface area contributed by atoms with Crippen LogP contribution in [-0.2, 0) is 0 Å². The van der Waals surface area contributed by atoms with Gasteiger partial charge in [0.25, 0.3) is 0 Å². The van der Waals surface area contributed by atoms with Crippen molar-refractivity contribution >= 4 is 5.57 Å². The van der Waals surface area contributed by atoms with E-state index in [1.165, 1.54) is 41.5 Å². The average molecular weight is 266 g/mol. The summed E-state index contributed by atoms with van der Waals surface area (Å²) in [7, 11) is 1.68. The van der Waals surface area contributed by atoms with Crippen molar-refractivity contribution in [1.82, 2.24) is 0 Å². The molecule has 2 heteroatoms. The summed E-state index contributed by atoms with van der Waals surface area (Å²) in [4.78, 5) is 0. The molecule has 3 rings (SSSR count). The fraction of sp³-hybridized carbons (Fsp3) is 0.222. The third kappa shape index (κ3) is 2.42. The molecule has 1 aliphatic rings. The smallest absolute Gasteiger partial charge is 0.118 e. The molecular weight excluding hydrogens is 248 g/mol. The van der Waals surface area contributed by atoms with E-state index in [0.29, 0.717) is 5.75 Å². The number of ether oxygens (including phenoxy) is 1. The highest BCUT2D eigenvalue weighted by molar-refractivity contribution is 5.83. The first-order chi connectivity index (χ1) is 9.78. The van der Waals surface area contributed by atoms with E-state index in [1.54, 1.807) is 19.2 Å². The number of phenolic OH excluding ortho intramolecular Hbond substituents is 1. The lowest BCUT2D eigenvalue weighted by Gasteiger charge is -2.23. The third-order valence-corrected chi connectivity index (χ3v) is 3.85. The number of hydrogen-bond acceptors (Lipinski definition) is 2. The lowest BCUT2D eigenvalue weighted by molar-refractivity contribution is 0.415. The maximum absolute atomic E-state index is 9.45. The normalized spacial score (nSPS) is 13.8. The van der Waals surface area contributed by atoms with Crippen LogP contribution < -0.4 is 4.74 Å². The summed E-state index contributed by atoms with van der Waals surface area (Å²) < 4.78 is 5.22. The zero-order valence-corrected chi connectivity index (χ0v) is 11.6. The SMILES string of the molecule is COc1ccc(C(=C2CCC2)c2ccc(O)cc2)cc1. The molecule has 0 atom stereocenters. The molecule has 0 aromatic heterocycles. The maximum Gasteiger partial charge on any atom is 0.118 e. The van der Waals surface area contributed by atoms with Crippen molar-refractivity contribution in [3.8, 4) is 11.5 Å². The van der Waals surface area contributed by atoms with Gasteiger partial charge in [-0.25, -0.2) is 0 Å². The number of benzene rings is 2. The molecule has 0 heterocycles. The van der Waals surface area contributed by atoms with Crippen LogP contribution in [0.4, 0.5) is 0 Å². The third-order valence-electron chi connectivity index (χ3n) is 3.85. The summed E-state index contributed by atoms with van der Waals surface area (Å²) in [5.41, 5.74) is 5.19. The van der Waals surface area contributed by atoms with E-state index < -0.39 is 0 Å². The van der Waals surface area contributed by atoms with Gasteiger partial charge in [-0.15, -0.1) is 0 Å². The highest BCUT2D eigenvalue weighted by Crippen LogP contribution is 2.38. The van der Waals surface area contributed by atoms with Crippen LogP contribution in [0, 0.1) is 0 Å². The molecule has 102 valence electrons. The van der Waals surface area contributed by atoms with Crippen LogP contribution in [0.1, 0.15) is 30.4 Å². The predicted molar refractivity (Wildman–Crippen MR) is 81.0 cm³/mol. The van der Waals surface area contributed by atoms with Gasteiger partial charge in [-0.05, 0) is 60.2 Å². The minimum atomic E-state index is 0.307. The Balaban J connectivity index is 2.04. The van der Waals surface area contributed by atoms with Gasteiger partial charge >= 0.3 is 0 Å². The minimum Gasteiger partial charge on any atom is -0.508 e. The molecule has 0 saturated heterocycles. The number of methoxy groups -OCH3 is 1. The van der Waals surface area contributed by atoms with Gasteiger partial charge in [-0.1, -0.05) is 29.8 Å². The molecule has 0 amide bonds. The van der Waals surface area contributed by atoms with Crippen molar-refractivity contribution < 1.29 is 9.84 Å². The molecule has 0 unspecified atom stereocenters. The Bertz CT molecular complexity index is 615. The van der Waals surface area contributed by atoms with Gasteiger partial charge in [0.05, 0.1) is 7.11 Å². The summed E-state index contributed by atoms with van der Waals surface area (Å²) in [5.74, 6) is 1.18. The molecule has 1 saturated carbocycles. The van der Waals surface area contributed by atoms with Crippen LogP contribution in [-0.4, -0.2) is 12.2 Å². The average Bonchev–Trinajstić information content (AvgIpc) is 2.44. The molecule has 0 bridgehead atoms. The molecule has 2 aromatic rings. The second-order valence-electron chi connectivity index (χ2n) is 5.11. The van der Waals surface area contributed by atoms with E-state index in [0.717, 1.165) is 5.75 Å².